The Labute approximate surface area is 136 Å². The van der Waals surface area contributed by atoms with Gasteiger partial charge in [0.05, 0.1) is 6.61 Å². The normalized spacial score (nSPS) is 24.2. The lowest BCUT2D eigenvalue weighted by Gasteiger charge is -2.38. The van der Waals surface area contributed by atoms with Gasteiger partial charge in [-0.15, -0.1) is 12.4 Å². The molecular formula is C16H33ClN2O2. The molecule has 2 unspecified atom stereocenters. The van der Waals surface area contributed by atoms with Gasteiger partial charge in [-0.2, -0.15) is 0 Å². The van der Waals surface area contributed by atoms with Gasteiger partial charge in [0.15, 0.2) is 0 Å². The van der Waals surface area contributed by atoms with Crippen LogP contribution in [-0.4, -0.2) is 39.3 Å². The van der Waals surface area contributed by atoms with Crippen molar-refractivity contribution in [2.45, 2.75) is 46.5 Å². The van der Waals surface area contributed by atoms with E-state index in [2.05, 4.69) is 31.4 Å². The Kier molecular flexibility index (Phi) is 10.3. The monoisotopic (exact) mass is 320 g/mol. The number of halogens is 1. The number of methoxy groups -OCH3 is 1. The van der Waals surface area contributed by atoms with Gasteiger partial charge in [-0.05, 0) is 36.5 Å². The zero-order chi connectivity index (χ0) is 15.0. The van der Waals surface area contributed by atoms with E-state index in [0.29, 0.717) is 30.9 Å². The third-order valence-electron chi connectivity index (χ3n) is 4.06. The molecule has 21 heavy (non-hydrogen) atoms. The van der Waals surface area contributed by atoms with Crippen molar-refractivity contribution in [3.8, 4) is 0 Å². The fourth-order valence-corrected chi connectivity index (χ4v) is 3.62. The van der Waals surface area contributed by atoms with Crippen LogP contribution in [0, 0.1) is 17.3 Å². The summed E-state index contributed by atoms with van der Waals surface area (Å²) in [5, 5.41) is 6.23. The first-order chi connectivity index (χ1) is 9.43. The molecule has 4 nitrogen and oxygen atoms in total. The van der Waals surface area contributed by atoms with E-state index in [9.17, 15) is 4.79 Å². The summed E-state index contributed by atoms with van der Waals surface area (Å²) in [6.45, 7) is 10.0. The first-order valence-electron chi connectivity index (χ1n) is 7.89. The van der Waals surface area contributed by atoms with Crippen molar-refractivity contribution in [3.63, 3.8) is 0 Å². The number of rotatable bonds is 8. The SMILES string of the molecule is COCCNCCNC(=O)CC1CC(C)CC(C)(C)C1.Cl. The number of carbonyl (C=O) groups excluding carboxylic acids is 1. The van der Waals surface area contributed by atoms with Crippen LogP contribution < -0.4 is 10.6 Å². The fourth-order valence-electron chi connectivity index (χ4n) is 3.62. The summed E-state index contributed by atoms with van der Waals surface area (Å²) in [5.41, 5.74) is 0.393. The van der Waals surface area contributed by atoms with Crippen molar-refractivity contribution in [3.05, 3.63) is 0 Å². The average Bonchev–Trinajstić information content (AvgIpc) is 2.30. The summed E-state index contributed by atoms with van der Waals surface area (Å²) in [5.74, 6) is 1.50. The van der Waals surface area contributed by atoms with Crippen LogP contribution in [0.1, 0.15) is 46.5 Å². The second-order valence-corrected chi connectivity index (χ2v) is 7.08. The summed E-state index contributed by atoms with van der Waals surface area (Å²) in [6, 6.07) is 0. The molecule has 1 saturated carbocycles. The molecule has 0 spiro atoms. The standard InChI is InChI=1S/C16H32N2O2.ClH/c1-13-9-14(12-16(2,3)11-13)10-15(19)18-6-5-17-7-8-20-4;/h13-14,17H,5-12H2,1-4H3,(H,18,19);1H. The van der Waals surface area contributed by atoms with Gasteiger partial charge in [-0.25, -0.2) is 0 Å². The van der Waals surface area contributed by atoms with Gasteiger partial charge in [-0.3, -0.25) is 4.79 Å². The molecule has 0 aromatic heterocycles. The van der Waals surface area contributed by atoms with Crippen molar-refractivity contribution in [2.24, 2.45) is 17.3 Å². The van der Waals surface area contributed by atoms with Gasteiger partial charge >= 0.3 is 0 Å². The molecule has 1 aliphatic rings. The lowest BCUT2D eigenvalue weighted by Crippen LogP contribution is -2.35. The second kappa shape index (κ2) is 10.4. The van der Waals surface area contributed by atoms with E-state index in [1.807, 2.05) is 0 Å². The molecule has 2 N–H and O–H groups in total. The summed E-state index contributed by atoms with van der Waals surface area (Å²) in [7, 11) is 1.69. The number of ether oxygens (including phenoxy) is 1. The molecule has 0 heterocycles. The van der Waals surface area contributed by atoms with Gasteiger partial charge in [0.25, 0.3) is 0 Å². The Morgan fingerprint density at radius 1 is 1.24 bits per heavy atom. The minimum Gasteiger partial charge on any atom is -0.383 e. The van der Waals surface area contributed by atoms with Crippen LogP contribution in [0.25, 0.3) is 0 Å². The van der Waals surface area contributed by atoms with Crippen LogP contribution in [0.3, 0.4) is 0 Å². The molecule has 0 saturated heterocycles. The number of nitrogens with one attached hydrogen (secondary N) is 2. The molecule has 5 heteroatoms. The van der Waals surface area contributed by atoms with Gasteiger partial charge < -0.3 is 15.4 Å². The van der Waals surface area contributed by atoms with Crippen molar-refractivity contribution < 1.29 is 9.53 Å². The zero-order valence-corrected chi connectivity index (χ0v) is 14.9. The summed E-state index contributed by atoms with van der Waals surface area (Å²) >= 11 is 0. The molecule has 1 aliphatic carbocycles. The predicted octanol–water partition coefficient (Wildman–Crippen LogP) is 2.61. The third kappa shape index (κ3) is 9.33. The first-order valence-corrected chi connectivity index (χ1v) is 7.89. The Hall–Kier alpha value is -0.320. The van der Waals surface area contributed by atoms with Crippen molar-refractivity contribution in [1.82, 2.24) is 10.6 Å². The molecule has 1 rings (SSSR count). The van der Waals surface area contributed by atoms with E-state index in [0.717, 1.165) is 19.0 Å². The van der Waals surface area contributed by atoms with Gasteiger partial charge in [0.2, 0.25) is 5.91 Å². The van der Waals surface area contributed by atoms with E-state index in [1.54, 1.807) is 7.11 Å². The van der Waals surface area contributed by atoms with Gasteiger partial charge in [0, 0.05) is 33.2 Å². The summed E-state index contributed by atoms with van der Waals surface area (Å²) in [4.78, 5) is 12.0. The van der Waals surface area contributed by atoms with Crippen LogP contribution in [0.4, 0.5) is 0 Å². The fraction of sp³-hybridized carbons (Fsp3) is 0.938. The molecule has 1 amide bonds. The Morgan fingerprint density at radius 3 is 2.57 bits per heavy atom. The minimum atomic E-state index is 0. The molecule has 0 aromatic rings. The van der Waals surface area contributed by atoms with Crippen molar-refractivity contribution >= 4 is 18.3 Å². The highest BCUT2D eigenvalue weighted by molar-refractivity contribution is 5.85. The van der Waals surface area contributed by atoms with Crippen LogP contribution in [0.15, 0.2) is 0 Å². The average molecular weight is 321 g/mol. The Bertz CT molecular complexity index is 298. The second-order valence-electron chi connectivity index (χ2n) is 7.08. The highest BCUT2D eigenvalue weighted by atomic mass is 35.5. The van der Waals surface area contributed by atoms with E-state index >= 15 is 0 Å². The van der Waals surface area contributed by atoms with Crippen molar-refractivity contribution in [1.29, 1.82) is 0 Å². The minimum absolute atomic E-state index is 0. The number of amides is 1. The smallest absolute Gasteiger partial charge is 0.220 e. The van der Waals surface area contributed by atoms with E-state index in [-0.39, 0.29) is 18.3 Å². The molecular weight excluding hydrogens is 288 g/mol. The molecule has 0 bridgehead atoms. The topological polar surface area (TPSA) is 50.4 Å². The van der Waals surface area contributed by atoms with E-state index in [4.69, 9.17) is 4.74 Å². The highest BCUT2D eigenvalue weighted by Gasteiger charge is 2.32. The van der Waals surface area contributed by atoms with Crippen LogP contribution in [-0.2, 0) is 9.53 Å². The van der Waals surface area contributed by atoms with E-state index < -0.39 is 0 Å². The van der Waals surface area contributed by atoms with Gasteiger partial charge in [-0.1, -0.05) is 20.8 Å². The molecule has 0 radical (unpaired) electrons. The largest absolute Gasteiger partial charge is 0.383 e. The number of carbonyl (C=O) groups is 1. The summed E-state index contributed by atoms with van der Waals surface area (Å²) < 4.78 is 4.95. The maximum Gasteiger partial charge on any atom is 0.220 e. The zero-order valence-electron chi connectivity index (χ0n) is 14.0. The maximum atomic E-state index is 12.0. The molecule has 2 atom stereocenters. The molecule has 126 valence electrons. The summed E-state index contributed by atoms with van der Waals surface area (Å²) in [6.07, 6.45) is 4.35. The Balaban J connectivity index is 0.00000400. The Morgan fingerprint density at radius 2 is 1.95 bits per heavy atom. The molecule has 1 fully saturated rings. The van der Waals surface area contributed by atoms with Crippen molar-refractivity contribution in [2.75, 3.05) is 33.4 Å². The predicted molar refractivity (Wildman–Crippen MR) is 89.9 cm³/mol. The lowest BCUT2D eigenvalue weighted by molar-refractivity contribution is -0.122. The van der Waals surface area contributed by atoms with Gasteiger partial charge in [0.1, 0.15) is 0 Å². The van der Waals surface area contributed by atoms with Crippen LogP contribution in [0.5, 0.6) is 0 Å². The quantitative estimate of drug-likeness (QED) is 0.676. The lowest BCUT2D eigenvalue weighted by atomic mass is 9.67. The molecule has 0 aliphatic heterocycles. The van der Waals surface area contributed by atoms with Crippen LogP contribution in [0.2, 0.25) is 0 Å². The molecule has 0 aromatic carbocycles. The number of hydrogen-bond acceptors (Lipinski definition) is 3. The van der Waals surface area contributed by atoms with Crippen LogP contribution >= 0.6 is 12.4 Å². The third-order valence-corrected chi connectivity index (χ3v) is 4.06. The van der Waals surface area contributed by atoms with E-state index in [1.165, 1.54) is 19.3 Å². The number of hydrogen-bond donors (Lipinski definition) is 2. The highest BCUT2D eigenvalue weighted by Crippen LogP contribution is 2.42. The first kappa shape index (κ1) is 20.7. The maximum absolute atomic E-state index is 12.0.